The van der Waals surface area contributed by atoms with Crippen LogP contribution in [0.25, 0.3) is 0 Å². The van der Waals surface area contributed by atoms with Gasteiger partial charge in [-0.25, -0.2) is 9.79 Å². The summed E-state index contributed by atoms with van der Waals surface area (Å²) in [6, 6.07) is 9.58. The zero-order chi connectivity index (χ0) is 23.8. The number of imide groups is 1. The van der Waals surface area contributed by atoms with Crippen LogP contribution < -0.4 is 4.90 Å². The van der Waals surface area contributed by atoms with Gasteiger partial charge in [0.2, 0.25) is 0 Å². The summed E-state index contributed by atoms with van der Waals surface area (Å²) in [7, 11) is 3.27. The number of hydrogen-bond acceptors (Lipinski definition) is 10. The highest BCUT2D eigenvalue weighted by Gasteiger charge is 2.52. The SMILES string of the molecule is Cc1nnc(SCCN2C(N3CCN(c4ccccc4)CC3)=NC3C2C(=O)N(C)C(=O)N3C)s1. The molecule has 0 bridgehead atoms. The third kappa shape index (κ3) is 4.20. The summed E-state index contributed by atoms with van der Waals surface area (Å²) in [6.07, 6.45) is -0.507. The van der Waals surface area contributed by atoms with Crippen LogP contribution in [0.2, 0.25) is 0 Å². The Morgan fingerprint density at radius 1 is 1.03 bits per heavy atom. The Hall–Kier alpha value is -2.86. The zero-order valence-electron chi connectivity index (χ0n) is 19.5. The number of piperazine rings is 1. The normalized spacial score (nSPS) is 23.0. The first kappa shape index (κ1) is 22.9. The molecule has 2 unspecified atom stereocenters. The van der Waals surface area contributed by atoms with E-state index in [2.05, 4.69) is 49.2 Å². The van der Waals surface area contributed by atoms with Gasteiger partial charge in [-0.3, -0.25) is 9.69 Å². The number of nitrogens with zero attached hydrogens (tertiary/aromatic N) is 8. The topological polar surface area (TPSA) is 88.5 Å². The van der Waals surface area contributed by atoms with Crippen molar-refractivity contribution in [1.82, 2.24) is 29.8 Å². The highest BCUT2D eigenvalue weighted by atomic mass is 32.2. The number of aryl methyl sites for hydroxylation is 1. The smallest absolute Gasteiger partial charge is 0.328 e. The number of hydrogen-bond donors (Lipinski definition) is 0. The van der Waals surface area contributed by atoms with Crippen LogP contribution >= 0.6 is 23.1 Å². The van der Waals surface area contributed by atoms with E-state index in [0.29, 0.717) is 6.54 Å². The van der Waals surface area contributed by atoms with Gasteiger partial charge in [0, 0.05) is 58.3 Å². The van der Waals surface area contributed by atoms with Crippen molar-refractivity contribution in [3.8, 4) is 0 Å². The average Bonchev–Trinajstić information content (AvgIpc) is 3.46. The second-order valence-electron chi connectivity index (χ2n) is 8.52. The fourth-order valence-corrected chi connectivity index (χ4v) is 6.45. The third-order valence-electron chi connectivity index (χ3n) is 6.44. The number of urea groups is 1. The first-order valence-electron chi connectivity index (χ1n) is 11.3. The fourth-order valence-electron chi connectivity index (χ4n) is 4.62. The van der Waals surface area contributed by atoms with Crippen LogP contribution in [-0.2, 0) is 4.79 Å². The van der Waals surface area contributed by atoms with Crippen LogP contribution in [0.5, 0.6) is 0 Å². The number of aliphatic imine (C=N–C) groups is 1. The number of likely N-dealkylation sites (N-methyl/N-ethyl adjacent to an activating group) is 2. The summed E-state index contributed by atoms with van der Waals surface area (Å²) in [5, 5.41) is 9.22. The van der Waals surface area contributed by atoms with Gasteiger partial charge in [-0.05, 0) is 19.1 Å². The van der Waals surface area contributed by atoms with Crippen molar-refractivity contribution in [3.63, 3.8) is 0 Å². The minimum Gasteiger partial charge on any atom is -0.368 e. The van der Waals surface area contributed by atoms with Gasteiger partial charge in [0.25, 0.3) is 5.91 Å². The Balaban J connectivity index is 1.33. The first-order valence-corrected chi connectivity index (χ1v) is 13.1. The van der Waals surface area contributed by atoms with E-state index in [1.807, 2.05) is 13.0 Å². The molecular weight excluding hydrogens is 472 g/mol. The number of benzene rings is 1. The molecule has 2 fully saturated rings. The largest absolute Gasteiger partial charge is 0.368 e. The highest BCUT2D eigenvalue weighted by molar-refractivity contribution is 8.01. The Kier molecular flexibility index (Phi) is 6.34. The van der Waals surface area contributed by atoms with E-state index in [4.69, 9.17) is 4.99 Å². The molecule has 2 aromatic rings. The molecule has 12 heteroatoms. The van der Waals surface area contributed by atoms with Crippen molar-refractivity contribution < 1.29 is 9.59 Å². The van der Waals surface area contributed by atoms with Crippen LogP contribution in [0.4, 0.5) is 10.5 Å². The number of rotatable bonds is 5. The minimum atomic E-state index is -0.508. The molecule has 1 aromatic carbocycles. The van der Waals surface area contributed by atoms with Crippen LogP contribution in [-0.4, -0.2) is 112 Å². The summed E-state index contributed by atoms with van der Waals surface area (Å²) in [4.78, 5) is 40.2. The van der Waals surface area contributed by atoms with Crippen molar-refractivity contribution in [1.29, 1.82) is 0 Å². The van der Waals surface area contributed by atoms with Crippen LogP contribution in [0.15, 0.2) is 39.7 Å². The van der Waals surface area contributed by atoms with Gasteiger partial charge in [0.15, 0.2) is 22.5 Å². The van der Waals surface area contributed by atoms with Crippen molar-refractivity contribution in [2.24, 2.45) is 4.99 Å². The van der Waals surface area contributed by atoms with E-state index >= 15 is 0 Å². The molecule has 0 N–H and O–H groups in total. The van der Waals surface area contributed by atoms with Gasteiger partial charge in [-0.1, -0.05) is 41.3 Å². The molecule has 3 aliphatic heterocycles. The molecule has 3 aliphatic rings. The maximum atomic E-state index is 13.2. The summed E-state index contributed by atoms with van der Waals surface area (Å²) in [6.45, 7) is 5.91. The molecule has 0 saturated carbocycles. The standard InChI is InChI=1S/C22H28N8O2S2/c1-15-24-25-21(34-15)33-14-13-30-17-18(26(2)22(32)27(3)19(17)31)23-20(30)29-11-9-28(10-12-29)16-7-5-4-6-8-16/h4-8,17-18H,9-14H2,1-3H3. The number of carbonyl (C=O) groups is 2. The number of carbonyl (C=O) groups excluding carboxylic acids is 2. The molecule has 4 heterocycles. The Morgan fingerprint density at radius 3 is 2.41 bits per heavy atom. The van der Waals surface area contributed by atoms with E-state index in [1.54, 1.807) is 42.1 Å². The predicted molar refractivity (Wildman–Crippen MR) is 133 cm³/mol. The van der Waals surface area contributed by atoms with Gasteiger partial charge in [-0.2, -0.15) is 0 Å². The van der Waals surface area contributed by atoms with Gasteiger partial charge in [0.05, 0.1) is 0 Å². The number of anilines is 1. The molecule has 0 spiro atoms. The van der Waals surface area contributed by atoms with Crippen LogP contribution in [0.1, 0.15) is 5.01 Å². The molecule has 0 radical (unpaired) electrons. The quantitative estimate of drug-likeness (QED) is 0.573. The van der Waals surface area contributed by atoms with E-state index < -0.39 is 12.2 Å². The molecule has 10 nitrogen and oxygen atoms in total. The summed E-state index contributed by atoms with van der Waals surface area (Å²) in [5.41, 5.74) is 1.21. The lowest BCUT2D eigenvalue weighted by Gasteiger charge is -2.42. The first-order chi connectivity index (χ1) is 16.4. The van der Waals surface area contributed by atoms with Gasteiger partial charge < -0.3 is 19.6 Å². The maximum Gasteiger partial charge on any atom is 0.328 e. The van der Waals surface area contributed by atoms with E-state index in [-0.39, 0.29) is 11.9 Å². The summed E-state index contributed by atoms with van der Waals surface area (Å²) < 4.78 is 0.919. The van der Waals surface area contributed by atoms with Gasteiger partial charge >= 0.3 is 6.03 Å². The van der Waals surface area contributed by atoms with Crippen LogP contribution in [0, 0.1) is 6.92 Å². The van der Waals surface area contributed by atoms with E-state index in [0.717, 1.165) is 47.2 Å². The van der Waals surface area contributed by atoms with Gasteiger partial charge in [-0.15, -0.1) is 10.2 Å². The molecule has 5 rings (SSSR count). The average molecular weight is 501 g/mol. The fraction of sp³-hybridized carbons (Fsp3) is 0.500. The number of amides is 3. The lowest BCUT2D eigenvalue weighted by Crippen LogP contribution is -2.65. The van der Waals surface area contributed by atoms with Crippen molar-refractivity contribution >= 4 is 46.7 Å². The molecular formula is C22H28N8O2S2. The number of para-hydroxylation sites is 1. The lowest BCUT2D eigenvalue weighted by molar-refractivity contribution is -0.136. The maximum absolute atomic E-state index is 13.2. The van der Waals surface area contributed by atoms with Gasteiger partial charge in [0.1, 0.15) is 5.01 Å². The molecule has 3 amide bonds. The number of aromatic nitrogens is 2. The number of thioether (sulfide) groups is 1. The van der Waals surface area contributed by atoms with E-state index in [1.165, 1.54) is 10.6 Å². The molecule has 180 valence electrons. The molecule has 34 heavy (non-hydrogen) atoms. The van der Waals surface area contributed by atoms with Crippen molar-refractivity contribution in [2.75, 3.05) is 57.5 Å². The molecule has 1 aromatic heterocycles. The second-order valence-corrected chi connectivity index (χ2v) is 11.0. The number of fused-ring (bicyclic) bond motifs is 1. The molecule has 0 aliphatic carbocycles. The second kappa shape index (κ2) is 9.41. The molecule has 2 saturated heterocycles. The Bertz CT molecular complexity index is 1090. The minimum absolute atomic E-state index is 0.202. The van der Waals surface area contributed by atoms with Crippen molar-refractivity contribution in [3.05, 3.63) is 35.3 Å². The monoisotopic (exact) mass is 500 g/mol. The third-order valence-corrected chi connectivity index (χ3v) is 8.39. The lowest BCUT2D eigenvalue weighted by atomic mass is 10.1. The predicted octanol–water partition coefficient (Wildman–Crippen LogP) is 1.65. The Morgan fingerprint density at radius 2 is 1.74 bits per heavy atom. The van der Waals surface area contributed by atoms with Crippen LogP contribution in [0.3, 0.4) is 0 Å². The summed E-state index contributed by atoms with van der Waals surface area (Å²) in [5.74, 6) is 1.35. The van der Waals surface area contributed by atoms with Crippen molar-refractivity contribution in [2.45, 2.75) is 23.5 Å². The van der Waals surface area contributed by atoms with E-state index in [9.17, 15) is 9.59 Å². The highest BCUT2D eigenvalue weighted by Crippen LogP contribution is 2.30. The number of guanidine groups is 1. The molecule has 2 atom stereocenters. The Labute approximate surface area is 207 Å². The summed E-state index contributed by atoms with van der Waals surface area (Å²) >= 11 is 3.20. The zero-order valence-corrected chi connectivity index (χ0v) is 21.1.